The predicted octanol–water partition coefficient (Wildman–Crippen LogP) is 4.61. The Kier molecular flexibility index (Phi) is 3.58. The molecule has 4 aromatic rings. The van der Waals surface area contributed by atoms with E-state index in [2.05, 4.69) is 65.8 Å². The minimum absolute atomic E-state index is 0.373. The van der Waals surface area contributed by atoms with Crippen LogP contribution in [0.3, 0.4) is 0 Å². The van der Waals surface area contributed by atoms with Gasteiger partial charge in [-0.15, -0.1) is 5.10 Å². The zero-order chi connectivity index (χ0) is 16.5. The van der Waals surface area contributed by atoms with Gasteiger partial charge in [0.2, 0.25) is 0 Å². The molecule has 0 fully saturated rings. The molecule has 0 spiro atoms. The van der Waals surface area contributed by atoms with Gasteiger partial charge in [-0.25, -0.2) is 0 Å². The van der Waals surface area contributed by atoms with Gasteiger partial charge in [-0.1, -0.05) is 80.6 Å². The molecule has 0 atom stereocenters. The van der Waals surface area contributed by atoms with E-state index in [0.717, 1.165) is 22.5 Å². The zero-order valence-electron chi connectivity index (χ0n) is 13.7. The molecule has 24 heavy (non-hydrogen) atoms. The molecule has 0 amide bonds. The van der Waals surface area contributed by atoms with E-state index in [9.17, 15) is 0 Å². The van der Waals surface area contributed by atoms with E-state index in [4.69, 9.17) is 0 Å². The highest BCUT2D eigenvalue weighted by Crippen LogP contribution is 2.32. The van der Waals surface area contributed by atoms with Crippen molar-refractivity contribution in [3.8, 4) is 17.1 Å². The molecule has 0 bridgehead atoms. The third-order valence-corrected chi connectivity index (χ3v) is 4.27. The summed E-state index contributed by atoms with van der Waals surface area (Å²) in [6.07, 6.45) is 0. The molecule has 4 nitrogen and oxygen atoms in total. The van der Waals surface area contributed by atoms with E-state index >= 15 is 0 Å². The van der Waals surface area contributed by atoms with E-state index < -0.39 is 0 Å². The summed E-state index contributed by atoms with van der Waals surface area (Å²) >= 11 is 0. The molecular formula is C20H18N4. The Morgan fingerprint density at radius 1 is 0.833 bits per heavy atom. The molecule has 4 rings (SSSR count). The first-order valence-electron chi connectivity index (χ1n) is 8.11. The Morgan fingerprint density at radius 3 is 2.38 bits per heavy atom. The van der Waals surface area contributed by atoms with E-state index in [1.165, 1.54) is 10.9 Å². The molecule has 0 aliphatic heterocycles. The monoisotopic (exact) mass is 314 g/mol. The number of aromatic nitrogens is 4. The number of nitrogens with zero attached hydrogens (tertiary/aromatic N) is 4. The van der Waals surface area contributed by atoms with Crippen LogP contribution < -0.4 is 0 Å². The molecule has 0 aliphatic rings. The van der Waals surface area contributed by atoms with Gasteiger partial charge in [0, 0.05) is 10.9 Å². The number of benzene rings is 3. The molecule has 1 aromatic heterocycles. The second-order valence-electron chi connectivity index (χ2n) is 6.16. The van der Waals surface area contributed by atoms with Crippen molar-refractivity contribution in [2.75, 3.05) is 0 Å². The van der Waals surface area contributed by atoms with E-state index in [1.807, 2.05) is 35.0 Å². The Morgan fingerprint density at radius 2 is 1.58 bits per heavy atom. The van der Waals surface area contributed by atoms with Crippen molar-refractivity contribution in [2.24, 2.45) is 0 Å². The van der Waals surface area contributed by atoms with Crippen molar-refractivity contribution in [2.45, 2.75) is 19.8 Å². The van der Waals surface area contributed by atoms with E-state index in [0.29, 0.717) is 5.92 Å². The van der Waals surface area contributed by atoms with Gasteiger partial charge < -0.3 is 0 Å². The van der Waals surface area contributed by atoms with Crippen LogP contribution in [0.25, 0.3) is 27.8 Å². The van der Waals surface area contributed by atoms with Crippen LogP contribution in [0.5, 0.6) is 0 Å². The van der Waals surface area contributed by atoms with Crippen molar-refractivity contribution in [1.82, 2.24) is 20.2 Å². The van der Waals surface area contributed by atoms with Gasteiger partial charge in [0.05, 0.1) is 5.69 Å². The van der Waals surface area contributed by atoms with Gasteiger partial charge in [0.25, 0.3) is 0 Å². The fourth-order valence-electron chi connectivity index (χ4n) is 3.08. The lowest BCUT2D eigenvalue weighted by Crippen LogP contribution is -2.06. The largest absolute Gasteiger partial charge is 0.192 e. The molecule has 0 saturated heterocycles. The molecular weight excluding hydrogens is 296 g/mol. The number of hydrogen-bond acceptors (Lipinski definition) is 3. The summed E-state index contributed by atoms with van der Waals surface area (Å²) in [7, 11) is 0. The summed E-state index contributed by atoms with van der Waals surface area (Å²) in [5.41, 5.74) is 3.30. The molecule has 3 aromatic carbocycles. The van der Waals surface area contributed by atoms with Crippen molar-refractivity contribution < 1.29 is 0 Å². The molecule has 0 unspecified atom stereocenters. The number of hydrogen-bond donors (Lipinski definition) is 0. The Bertz CT molecular complexity index is 987. The second kappa shape index (κ2) is 5.89. The zero-order valence-corrected chi connectivity index (χ0v) is 13.7. The fourth-order valence-corrected chi connectivity index (χ4v) is 3.08. The Balaban J connectivity index is 2.04. The van der Waals surface area contributed by atoms with Crippen LogP contribution in [-0.2, 0) is 0 Å². The van der Waals surface area contributed by atoms with E-state index in [1.54, 1.807) is 0 Å². The SMILES string of the molecule is CC(C)c1ccc2ccccc2c1-n1nnnc1-c1ccccc1. The third kappa shape index (κ3) is 2.36. The highest BCUT2D eigenvalue weighted by atomic mass is 15.5. The smallest absolute Gasteiger partial charge is 0.187 e. The van der Waals surface area contributed by atoms with Crippen molar-refractivity contribution in [3.63, 3.8) is 0 Å². The highest BCUT2D eigenvalue weighted by molar-refractivity contribution is 5.92. The first-order valence-corrected chi connectivity index (χ1v) is 8.11. The maximum Gasteiger partial charge on any atom is 0.187 e. The van der Waals surface area contributed by atoms with Crippen LogP contribution in [0.1, 0.15) is 25.3 Å². The quantitative estimate of drug-likeness (QED) is 0.555. The standard InChI is InChI=1S/C20H18N4/c1-14(2)17-13-12-15-8-6-7-11-18(15)19(17)24-20(21-22-23-24)16-9-4-3-5-10-16/h3-14H,1-2H3. The molecule has 4 heteroatoms. The fraction of sp³-hybridized carbons (Fsp3) is 0.150. The van der Waals surface area contributed by atoms with Crippen molar-refractivity contribution in [3.05, 3.63) is 72.3 Å². The van der Waals surface area contributed by atoms with Gasteiger partial charge in [-0.2, -0.15) is 4.68 Å². The van der Waals surface area contributed by atoms with Crippen LogP contribution in [-0.4, -0.2) is 20.2 Å². The van der Waals surface area contributed by atoms with Crippen LogP contribution in [0.15, 0.2) is 66.7 Å². The average Bonchev–Trinajstić information content (AvgIpc) is 3.10. The summed E-state index contributed by atoms with van der Waals surface area (Å²) in [6.45, 7) is 4.39. The second-order valence-corrected chi connectivity index (χ2v) is 6.16. The molecule has 0 N–H and O–H groups in total. The van der Waals surface area contributed by atoms with Crippen molar-refractivity contribution >= 4 is 10.8 Å². The van der Waals surface area contributed by atoms with Crippen LogP contribution in [0, 0.1) is 0 Å². The lowest BCUT2D eigenvalue weighted by atomic mass is 9.96. The Hall–Kier alpha value is -3.01. The first kappa shape index (κ1) is 14.6. The first-order chi connectivity index (χ1) is 11.8. The summed E-state index contributed by atoms with van der Waals surface area (Å²) in [5.74, 6) is 1.13. The normalized spacial score (nSPS) is 11.3. The maximum absolute atomic E-state index is 4.31. The molecule has 0 aliphatic carbocycles. The third-order valence-electron chi connectivity index (χ3n) is 4.27. The van der Waals surface area contributed by atoms with Crippen LogP contribution >= 0.6 is 0 Å². The van der Waals surface area contributed by atoms with Crippen molar-refractivity contribution in [1.29, 1.82) is 0 Å². The molecule has 1 heterocycles. The summed E-state index contributed by atoms with van der Waals surface area (Å²) in [5, 5.41) is 14.9. The molecule has 0 radical (unpaired) electrons. The summed E-state index contributed by atoms with van der Waals surface area (Å²) in [6, 6.07) is 22.8. The summed E-state index contributed by atoms with van der Waals surface area (Å²) in [4.78, 5) is 0. The molecule has 0 saturated carbocycles. The van der Waals surface area contributed by atoms with E-state index in [-0.39, 0.29) is 0 Å². The average molecular weight is 314 g/mol. The van der Waals surface area contributed by atoms with Gasteiger partial charge in [0.15, 0.2) is 5.82 Å². The predicted molar refractivity (Wildman–Crippen MR) is 96.2 cm³/mol. The highest BCUT2D eigenvalue weighted by Gasteiger charge is 2.18. The van der Waals surface area contributed by atoms with Gasteiger partial charge in [0.1, 0.15) is 0 Å². The maximum atomic E-state index is 4.31. The van der Waals surface area contributed by atoms with Gasteiger partial charge >= 0.3 is 0 Å². The number of tetrazole rings is 1. The minimum Gasteiger partial charge on any atom is -0.192 e. The number of fused-ring (bicyclic) bond motifs is 1. The van der Waals surface area contributed by atoms with Gasteiger partial charge in [-0.3, -0.25) is 0 Å². The lowest BCUT2D eigenvalue weighted by molar-refractivity contribution is 0.770. The minimum atomic E-state index is 0.373. The summed E-state index contributed by atoms with van der Waals surface area (Å²) < 4.78 is 1.87. The Labute approximate surface area is 140 Å². The van der Waals surface area contributed by atoms with Crippen LogP contribution in [0.4, 0.5) is 0 Å². The lowest BCUT2D eigenvalue weighted by Gasteiger charge is -2.16. The van der Waals surface area contributed by atoms with Gasteiger partial charge in [-0.05, 0) is 27.3 Å². The topological polar surface area (TPSA) is 43.6 Å². The number of rotatable bonds is 3. The molecule has 118 valence electrons. The van der Waals surface area contributed by atoms with Crippen LogP contribution in [0.2, 0.25) is 0 Å².